The minimum absolute atomic E-state index is 0.135. The molecule has 28 heavy (non-hydrogen) atoms. The molecule has 0 unspecified atom stereocenters. The molecule has 1 fully saturated rings. The first-order chi connectivity index (χ1) is 13.4. The Morgan fingerprint density at radius 3 is 2.21 bits per heavy atom. The normalized spacial score (nSPS) is 16.6. The predicted molar refractivity (Wildman–Crippen MR) is 108 cm³/mol. The number of fused-ring (bicyclic) bond motifs is 2. The summed E-state index contributed by atoms with van der Waals surface area (Å²) < 4.78 is 0.635. The molecule has 1 N–H and O–H groups in total. The summed E-state index contributed by atoms with van der Waals surface area (Å²) in [4.78, 5) is 38.7. The number of rotatable bonds is 4. The number of likely N-dealkylation sites (N-methyl/N-ethyl adjacent to an activating group) is 1. The lowest BCUT2D eigenvalue weighted by atomic mass is 9.83. The molecule has 0 saturated heterocycles. The van der Waals surface area contributed by atoms with Crippen LogP contribution in [0, 0.1) is 0 Å². The molecular formula is C23H25N2O3+. The number of nitrogens with one attached hydrogen (secondary N) is 1. The Morgan fingerprint density at radius 2 is 1.54 bits per heavy atom. The van der Waals surface area contributed by atoms with Gasteiger partial charge in [0.15, 0.2) is 18.1 Å². The van der Waals surface area contributed by atoms with Gasteiger partial charge in [-0.05, 0) is 31.7 Å². The standard InChI is InChI=1S/C23H24N2O3/c1-25(2,15-8-3-4-9-15)14-20(26)24-19-13-7-12-18-21(19)23(28)17-11-6-5-10-16(17)22(18)27/h5-7,10-13,15H,3-4,8-9,14H2,1-2H3/p+1. The van der Waals surface area contributed by atoms with E-state index in [1.165, 1.54) is 12.8 Å². The fourth-order valence-electron chi connectivity index (χ4n) is 4.54. The van der Waals surface area contributed by atoms with E-state index in [2.05, 4.69) is 19.4 Å². The molecule has 1 amide bonds. The maximum atomic E-state index is 13.0. The summed E-state index contributed by atoms with van der Waals surface area (Å²) in [6, 6.07) is 12.4. The molecule has 0 atom stereocenters. The summed E-state index contributed by atoms with van der Waals surface area (Å²) in [7, 11) is 4.17. The molecule has 2 aromatic rings. The second kappa shape index (κ2) is 6.99. The van der Waals surface area contributed by atoms with Gasteiger partial charge in [0.25, 0.3) is 5.91 Å². The summed E-state index contributed by atoms with van der Waals surface area (Å²) in [6.45, 7) is 0.340. The summed E-state index contributed by atoms with van der Waals surface area (Å²) in [5.74, 6) is -0.529. The zero-order valence-corrected chi connectivity index (χ0v) is 16.3. The van der Waals surface area contributed by atoms with Gasteiger partial charge in [-0.3, -0.25) is 14.4 Å². The number of quaternary nitrogens is 1. The smallest absolute Gasteiger partial charge is 0.279 e. The zero-order chi connectivity index (χ0) is 19.9. The molecule has 2 aliphatic rings. The second-order valence-corrected chi connectivity index (χ2v) is 8.36. The quantitative estimate of drug-likeness (QED) is 0.709. The Bertz CT molecular complexity index is 972. The fourth-order valence-corrected chi connectivity index (χ4v) is 4.54. The van der Waals surface area contributed by atoms with Gasteiger partial charge in [0.2, 0.25) is 0 Å². The number of ketones is 2. The van der Waals surface area contributed by atoms with Gasteiger partial charge in [0.1, 0.15) is 0 Å². The average molecular weight is 377 g/mol. The van der Waals surface area contributed by atoms with Crippen LogP contribution >= 0.6 is 0 Å². The van der Waals surface area contributed by atoms with Crippen molar-refractivity contribution in [2.45, 2.75) is 31.7 Å². The van der Waals surface area contributed by atoms with Crippen molar-refractivity contribution < 1.29 is 18.9 Å². The van der Waals surface area contributed by atoms with Crippen LogP contribution in [0.5, 0.6) is 0 Å². The van der Waals surface area contributed by atoms with Gasteiger partial charge in [0.05, 0.1) is 31.4 Å². The van der Waals surface area contributed by atoms with Gasteiger partial charge in [-0.2, -0.15) is 0 Å². The summed E-state index contributed by atoms with van der Waals surface area (Å²) >= 11 is 0. The number of anilines is 1. The van der Waals surface area contributed by atoms with Crippen LogP contribution in [0.3, 0.4) is 0 Å². The van der Waals surface area contributed by atoms with Crippen molar-refractivity contribution in [2.24, 2.45) is 0 Å². The number of carbonyl (C=O) groups is 3. The van der Waals surface area contributed by atoms with E-state index in [0.29, 0.717) is 45.0 Å². The largest absolute Gasteiger partial charge is 0.320 e. The molecule has 0 aromatic heterocycles. The highest BCUT2D eigenvalue weighted by molar-refractivity contribution is 6.30. The third-order valence-electron chi connectivity index (χ3n) is 6.09. The van der Waals surface area contributed by atoms with Crippen LogP contribution in [-0.2, 0) is 4.79 Å². The van der Waals surface area contributed by atoms with Gasteiger partial charge in [-0.1, -0.05) is 36.4 Å². The predicted octanol–water partition coefficient (Wildman–Crippen LogP) is 3.42. The zero-order valence-electron chi connectivity index (χ0n) is 16.3. The van der Waals surface area contributed by atoms with Gasteiger partial charge < -0.3 is 9.80 Å². The Balaban J connectivity index is 1.61. The van der Waals surface area contributed by atoms with E-state index in [4.69, 9.17) is 0 Å². The van der Waals surface area contributed by atoms with Crippen molar-refractivity contribution in [3.63, 3.8) is 0 Å². The minimum Gasteiger partial charge on any atom is -0.320 e. The van der Waals surface area contributed by atoms with Crippen LogP contribution in [0.15, 0.2) is 42.5 Å². The number of nitrogens with zero attached hydrogens (tertiary/aromatic N) is 1. The second-order valence-electron chi connectivity index (χ2n) is 8.36. The van der Waals surface area contributed by atoms with Crippen molar-refractivity contribution in [3.05, 3.63) is 64.7 Å². The molecular weight excluding hydrogens is 352 g/mol. The first-order valence-electron chi connectivity index (χ1n) is 9.82. The van der Waals surface area contributed by atoms with Crippen LogP contribution in [-0.4, -0.2) is 48.6 Å². The van der Waals surface area contributed by atoms with Gasteiger partial charge in [-0.15, -0.1) is 0 Å². The first-order valence-corrected chi connectivity index (χ1v) is 9.82. The highest BCUT2D eigenvalue weighted by atomic mass is 16.2. The van der Waals surface area contributed by atoms with E-state index in [0.717, 1.165) is 12.8 Å². The Morgan fingerprint density at radius 1 is 0.929 bits per heavy atom. The number of hydrogen-bond donors (Lipinski definition) is 1. The first kappa shape index (κ1) is 18.6. The van der Waals surface area contributed by atoms with Crippen LogP contribution in [0.1, 0.15) is 57.5 Å². The molecule has 144 valence electrons. The SMILES string of the molecule is C[N+](C)(CC(=O)Nc1cccc2c1C(=O)c1ccccc1C2=O)C1CCCC1. The van der Waals surface area contributed by atoms with E-state index in [9.17, 15) is 14.4 Å². The maximum absolute atomic E-state index is 13.0. The molecule has 5 nitrogen and oxygen atoms in total. The number of amides is 1. The summed E-state index contributed by atoms with van der Waals surface area (Å²) in [5, 5.41) is 2.90. The third-order valence-corrected chi connectivity index (χ3v) is 6.09. The molecule has 0 heterocycles. The van der Waals surface area contributed by atoms with E-state index in [-0.39, 0.29) is 17.5 Å². The Hall–Kier alpha value is -2.79. The Labute approximate surface area is 164 Å². The van der Waals surface area contributed by atoms with Crippen molar-refractivity contribution in [3.8, 4) is 0 Å². The molecule has 2 aromatic carbocycles. The van der Waals surface area contributed by atoms with Crippen molar-refractivity contribution in [1.29, 1.82) is 0 Å². The van der Waals surface area contributed by atoms with Crippen LogP contribution in [0.4, 0.5) is 5.69 Å². The van der Waals surface area contributed by atoms with Crippen molar-refractivity contribution in [1.82, 2.24) is 0 Å². The summed E-state index contributed by atoms with van der Waals surface area (Å²) in [5.41, 5.74) is 1.88. The highest BCUT2D eigenvalue weighted by Crippen LogP contribution is 2.32. The van der Waals surface area contributed by atoms with E-state index in [1.54, 1.807) is 42.5 Å². The van der Waals surface area contributed by atoms with Gasteiger partial charge in [-0.25, -0.2) is 0 Å². The third kappa shape index (κ3) is 3.16. The molecule has 0 spiro atoms. The minimum atomic E-state index is -0.217. The molecule has 0 bridgehead atoms. The van der Waals surface area contributed by atoms with Crippen LogP contribution in [0.2, 0.25) is 0 Å². The monoisotopic (exact) mass is 377 g/mol. The maximum Gasteiger partial charge on any atom is 0.279 e. The summed E-state index contributed by atoms with van der Waals surface area (Å²) in [6.07, 6.45) is 4.72. The van der Waals surface area contributed by atoms with Gasteiger partial charge >= 0.3 is 0 Å². The van der Waals surface area contributed by atoms with E-state index < -0.39 is 0 Å². The lowest BCUT2D eigenvalue weighted by molar-refractivity contribution is -0.906. The molecule has 1 saturated carbocycles. The van der Waals surface area contributed by atoms with Crippen molar-refractivity contribution >= 4 is 23.2 Å². The number of carbonyl (C=O) groups excluding carboxylic acids is 3. The lowest BCUT2D eigenvalue weighted by Gasteiger charge is -2.35. The fraction of sp³-hybridized carbons (Fsp3) is 0.348. The molecule has 0 radical (unpaired) electrons. The van der Waals surface area contributed by atoms with Gasteiger partial charge in [0, 0.05) is 16.7 Å². The molecule has 2 aliphatic carbocycles. The Kier molecular flexibility index (Phi) is 4.63. The average Bonchev–Trinajstić information content (AvgIpc) is 3.21. The number of benzene rings is 2. The van der Waals surface area contributed by atoms with E-state index in [1.807, 2.05) is 0 Å². The molecule has 0 aliphatic heterocycles. The lowest BCUT2D eigenvalue weighted by Crippen LogP contribution is -2.51. The molecule has 5 heteroatoms. The highest BCUT2D eigenvalue weighted by Gasteiger charge is 2.35. The van der Waals surface area contributed by atoms with Crippen LogP contribution < -0.4 is 5.32 Å². The van der Waals surface area contributed by atoms with Crippen molar-refractivity contribution in [2.75, 3.05) is 26.0 Å². The topological polar surface area (TPSA) is 63.2 Å². The van der Waals surface area contributed by atoms with E-state index >= 15 is 0 Å². The number of hydrogen-bond acceptors (Lipinski definition) is 3. The van der Waals surface area contributed by atoms with Crippen LogP contribution in [0.25, 0.3) is 0 Å². The molecule has 4 rings (SSSR count).